The number of nitrogens with one attached hydrogen (secondary N) is 1. The summed E-state index contributed by atoms with van der Waals surface area (Å²) in [5.41, 5.74) is 5.60. The summed E-state index contributed by atoms with van der Waals surface area (Å²) in [4.78, 5) is 43.9. The van der Waals surface area contributed by atoms with Gasteiger partial charge in [-0.3, -0.25) is 14.4 Å². The van der Waals surface area contributed by atoms with Crippen molar-refractivity contribution in [1.82, 2.24) is 15.1 Å². The average Bonchev–Trinajstić information content (AvgIpc) is 3.30. The maximum Gasteiger partial charge on any atom is 0.247 e. The molecule has 9 heteroatoms. The Kier molecular flexibility index (Phi) is 8.09. The van der Waals surface area contributed by atoms with Crippen molar-refractivity contribution >= 4 is 17.7 Å². The van der Waals surface area contributed by atoms with Crippen LogP contribution in [0.2, 0.25) is 0 Å². The molecule has 0 bridgehead atoms. The fraction of sp³-hybridized carbons (Fsp3) is 0.897. The Morgan fingerprint density at radius 2 is 1.74 bits per heavy atom. The van der Waals surface area contributed by atoms with Crippen LogP contribution in [0, 0.1) is 23.2 Å². The molecule has 0 aromatic rings. The standard InChI is InChI=1S/C29H48N4O5/c1-19(37-16-20-8-5-4-6-9-20)24(27(36)32-12-7-10-21(30)15-32)31-25(34)22-11-13-38-29(22)17-33(18-29)26(35)23-14-28(23,2)3/h19-24H,4-18,30H2,1-3H3,(H,31,34)/t19-,21-,22?,23-,24+/m1/s1. The monoisotopic (exact) mass is 532 g/mol. The van der Waals surface area contributed by atoms with E-state index >= 15 is 0 Å². The van der Waals surface area contributed by atoms with Gasteiger partial charge in [0.1, 0.15) is 11.6 Å². The lowest BCUT2D eigenvalue weighted by Crippen LogP contribution is -2.69. The topological polar surface area (TPSA) is 114 Å². The second-order valence-electron chi connectivity index (χ2n) is 13.4. The highest BCUT2D eigenvalue weighted by molar-refractivity contribution is 5.90. The average molecular weight is 533 g/mol. The van der Waals surface area contributed by atoms with Gasteiger partial charge < -0.3 is 30.3 Å². The molecule has 2 aliphatic carbocycles. The third-order valence-corrected chi connectivity index (χ3v) is 9.91. The SMILES string of the molecule is C[C@@H](OCC1CCCCC1)[C@H](NC(=O)C1CCOC12CN(C(=O)[C@H]1CC1(C)C)C2)C(=O)N1CCC[C@@H](N)C1. The molecule has 5 rings (SSSR count). The van der Waals surface area contributed by atoms with Gasteiger partial charge >= 0.3 is 0 Å². The second-order valence-corrected chi connectivity index (χ2v) is 13.4. The third kappa shape index (κ3) is 5.75. The molecule has 1 unspecified atom stereocenters. The summed E-state index contributed by atoms with van der Waals surface area (Å²) in [7, 11) is 0. The molecule has 0 aromatic carbocycles. The lowest BCUT2D eigenvalue weighted by molar-refractivity contribution is -0.171. The summed E-state index contributed by atoms with van der Waals surface area (Å²) in [5.74, 6) is 0.0990. The van der Waals surface area contributed by atoms with E-state index in [4.69, 9.17) is 15.2 Å². The number of nitrogens with two attached hydrogens (primary N) is 1. The summed E-state index contributed by atoms with van der Waals surface area (Å²) in [6.07, 6.45) is 8.91. The number of nitrogens with zero attached hydrogens (tertiary/aromatic N) is 2. The van der Waals surface area contributed by atoms with Crippen molar-refractivity contribution in [3.8, 4) is 0 Å². The molecule has 38 heavy (non-hydrogen) atoms. The predicted molar refractivity (Wildman–Crippen MR) is 143 cm³/mol. The molecule has 5 atom stereocenters. The van der Waals surface area contributed by atoms with E-state index in [-0.39, 0.29) is 41.0 Å². The Hall–Kier alpha value is -1.71. The van der Waals surface area contributed by atoms with E-state index in [1.807, 2.05) is 11.8 Å². The fourth-order valence-corrected chi connectivity index (χ4v) is 7.07. The Labute approximate surface area is 227 Å². The van der Waals surface area contributed by atoms with E-state index in [9.17, 15) is 14.4 Å². The number of carbonyl (C=O) groups is 3. The molecule has 3 heterocycles. The molecule has 2 saturated carbocycles. The third-order valence-electron chi connectivity index (χ3n) is 9.91. The summed E-state index contributed by atoms with van der Waals surface area (Å²) in [6.45, 7) is 9.30. The van der Waals surface area contributed by atoms with Crippen LogP contribution in [-0.2, 0) is 23.9 Å². The van der Waals surface area contributed by atoms with Gasteiger partial charge in [0, 0.05) is 38.3 Å². The zero-order chi connectivity index (χ0) is 27.1. The molecule has 5 fully saturated rings. The van der Waals surface area contributed by atoms with Gasteiger partial charge in [-0.25, -0.2) is 0 Å². The largest absolute Gasteiger partial charge is 0.376 e. The van der Waals surface area contributed by atoms with E-state index in [1.54, 1.807) is 4.90 Å². The van der Waals surface area contributed by atoms with Crippen molar-refractivity contribution in [3.05, 3.63) is 0 Å². The van der Waals surface area contributed by atoms with Gasteiger partial charge in [-0.05, 0) is 56.8 Å². The van der Waals surface area contributed by atoms with E-state index in [0.29, 0.717) is 51.7 Å². The van der Waals surface area contributed by atoms with Crippen LogP contribution in [-0.4, -0.2) is 90.7 Å². The lowest BCUT2D eigenvalue weighted by Gasteiger charge is -2.50. The predicted octanol–water partition coefficient (Wildman–Crippen LogP) is 2.07. The van der Waals surface area contributed by atoms with Gasteiger partial charge in [0.25, 0.3) is 0 Å². The van der Waals surface area contributed by atoms with Crippen LogP contribution >= 0.6 is 0 Å². The van der Waals surface area contributed by atoms with Gasteiger partial charge in [-0.2, -0.15) is 0 Å². The Bertz CT molecular complexity index is 897. The zero-order valence-corrected chi connectivity index (χ0v) is 23.6. The van der Waals surface area contributed by atoms with Crippen LogP contribution in [0.3, 0.4) is 0 Å². The molecule has 3 aliphatic heterocycles. The van der Waals surface area contributed by atoms with Crippen LogP contribution in [0.25, 0.3) is 0 Å². The quantitative estimate of drug-likeness (QED) is 0.495. The highest BCUT2D eigenvalue weighted by atomic mass is 16.5. The van der Waals surface area contributed by atoms with Crippen LogP contribution in [0.1, 0.15) is 78.6 Å². The summed E-state index contributed by atoms with van der Waals surface area (Å²) in [6, 6.07) is -0.803. The summed E-state index contributed by atoms with van der Waals surface area (Å²) >= 11 is 0. The van der Waals surface area contributed by atoms with Crippen molar-refractivity contribution in [3.63, 3.8) is 0 Å². The summed E-state index contributed by atoms with van der Waals surface area (Å²) in [5, 5.41) is 3.09. The first-order chi connectivity index (χ1) is 18.1. The first-order valence-electron chi connectivity index (χ1n) is 15.0. The molecule has 1 spiro atoms. The molecule has 9 nitrogen and oxygen atoms in total. The minimum Gasteiger partial charge on any atom is -0.376 e. The number of carbonyl (C=O) groups excluding carboxylic acids is 3. The minimum absolute atomic E-state index is 0.0380. The smallest absolute Gasteiger partial charge is 0.247 e. The number of likely N-dealkylation sites (tertiary alicyclic amines) is 2. The molecule has 3 N–H and O–H groups in total. The molecule has 3 amide bonds. The molecular formula is C29H48N4O5. The Morgan fingerprint density at radius 1 is 1.03 bits per heavy atom. The number of hydrogen-bond donors (Lipinski definition) is 2. The molecule has 0 aromatic heterocycles. The highest BCUT2D eigenvalue weighted by Crippen LogP contribution is 2.54. The van der Waals surface area contributed by atoms with Gasteiger partial charge in [-0.15, -0.1) is 0 Å². The van der Waals surface area contributed by atoms with Crippen LogP contribution < -0.4 is 11.1 Å². The fourth-order valence-electron chi connectivity index (χ4n) is 7.07. The van der Waals surface area contributed by atoms with E-state index in [2.05, 4.69) is 19.2 Å². The molecule has 0 radical (unpaired) electrons. The second kappa shape index (κ2) is 11.0. The lowest BCUT2D eigenvalue weighted by atomic mass is 9.79. The maximum absolute atomic E-state index is 13.7. The minimum atomic E-state index is -0.765. The molecular weight excluding hydrogens is 484 g/mol. The Morgan fingerprint density at radius 3 is 2.39 bits per heavy atom. The van der Waals surface area contributed by atoms with E-state index in [1.165, 1.54) is 19.3 Å². The number of amides is 3. The van der Waals surface area contributed by atoms with Crippen LogP contribution in [0.15, 0.2) is 0 Å². The van der Waals surface area contributed by atoms with Crippen molar-refractivity contribution in [2.45, 2.75) is 102 Å². The summed E-state index contributed by atoms with van der Waals surface area (Å²) < 4.78 is 12.4. The van der Waals surface area contributed by atoms with Crippen LogP contribution in [0.4, 0.5) is 0 Å². The molecule has 5 aliphatic rings. The highest BCUT2D eigenvalue weighted by Gasteiger charge is 2.61. The zero-order valence-electron chi connectivity index (χ0n) is 23.6. The maximum atomic E-state index is 13.7. The van der Waals surface area contributed by atoms with Crippen molar-refractivity contribution in [2.75, 3.05) is 39.4 Å². The van der Waals surface area contributed by atoms with Crippen molar-refractivity contribution in [1.29, 1.82) is 0 Å². The normalized spacial score (nSPS) is 31.9. The first-order valence-corrected chi connectivity index (χ1v) is 15.0. The van der Waals surface area contributed by atoms with Gasteiger partial charge in [0.05, 0.1) is 25.1 Å². The number of ether oxygens (including phenoxy) is 2. The van der Waals surface area contributed by atoms with Gasteiger partial charge in [0.15, 0.2) is 0 Å². The first kappa shape index (κ1) is 27.8. The number of rotatable bonds is 8. The van der Waals surface area contributed by atoms with Crippen molar-refractivity contribution < 1.29 is 23.9 Å². The van der Waals surface area contributed by atoms with E-state index in [0.717, 1.165) is 32.1 Å². The molecule has 3 saturated heterocycles. The Balaban J connectivity index is 1.23. The van der Waals surface area contributed by atoms with Gasteiger partial charge in [-0.1, -0.05) is 33.1 Å². The molecule has 214 valence electrons. The number of piperidine rings is 1. The van der Waals surface area contributed by atoms with E-state index < -0.39 is 17.7 Å². The van der Waals surface area contributed by atoms with Gasteiger partial charge in [0.2, 0.25) is 17.7 Å². The van der Waals surface area contributed by atoms with Crippen LogP contribution in [0.5, 0.6) is 0 Å². The number of hydrogen-bond acceptors (Lipinski definition) is 6. The van der Waals surface area contributed by atoms with Crippen molar-refractivity contribution in [2.24, 2.45) is 28.9 Å².